The van der Waals surface area contributed by atoms with E-state index in [1.54, 1.807) is 18.2 Å². The Morgan fingerprint density at radius 1 is 1.16 bits per heavy atom. The lowest BCUT2D eigenvalue weighted by molar-refractivity contribution is 0.137. The van der Waals surface area contributed by atoms with Crippen molar-refractivity contribution in [3.63, 3.8) is 0 Å². The zero-order chi connectivity index (χ0) is 22.8. The molecule has 1 aromatic heterocycles. The molecule has 0 unspecified atom stereocenters. The Morgan fingerprint density at radius 2 is 1.81 bits per heavy atom. The van der Waals surface area contributed by atoms with Gasteiger partial charge in [-0.05, 0) is 41.8 Å². The molecule has 3 N–H and O–H groups in total. The number of thiophene rings is 1. The van der Waals surface area contributed by atoms with Crippen LogP contribution in [0.15, 0.2) is 64.9 Å². The van der Waals surface area contributed by atoms with Crippen molar-refractivity contribution in [2.24, 2.45) is 0 Å². The fraction of sp³-hybridized carbons (Fsp3) is 0.190. The van der Waals surface area contributed by atoms with Crippen molar-refractivity contribution in [2.45, 2.75) is 29.0 Å². The van der Waals surface area contributed by atoms with Gasteiger partial charge < -0.3 is 10.2 Å². The number of rotatable bonds is 5. The number of hydrogen-bond acceptors (Lipinski definition) is 4. The number of hydrogen-bond donors (Lipinski definition) is 3. The molecular formula is C21H19ClFNO5S2. The van der Waals surface area contributed by atoms with Crippen LogP contribution in [0.1, 0.15) is 18.9 Å². The van der Waals surface area contributed by atoms with Crippen molar-refractivity contribution in [2.75, 3.05) is 0 Å². The maximum absolute atomic E-state index is 13.3. The minimum atomic E-state index is -3.62. The summed E-state index contributed by atoms with van der Waals surface area (Å²) in [6.07, 6.45) is -1.07. The van der Waals surface area contributed by atoms with Gasteiger partial charge in [-0.1, -0.05) is 54.9 Å². The zero-order valence-electron chi connectivity index (χ0n) is 16.2. The van der Waals surface area contributed by atoms with Crippen LogP contribution in [0.5, 0.6) is 0 Å². The highest BCUT2D eigenvalue weighted by Crippen LogP contribution is 2.48. The van der Waals surface area contributed by atoms with E-state index in [1.165, 1.54) is 12.1 Å². The first-order valence-corrected chi connectivity index (χ1v) is 11.8. The predicted octanol–water partition coefficient (Wildman–Crippen LogP) is 5.44. The average molecular weight is 484 g/mol. The molecular weight excluding hydrogens is 465 g/mol. The Balaban J connectivity index is 0.000000628. The Kier molecular flexibility index (Phi) is 6.70. The highest BCUT2D eigenvalue weighted by molar-refractivity contribution is 7.91. The second-order valence-electron chi connectivity index (χ2n) is 7.19. The van der Waals surface area contributed by atoms with Crippen molar-refractivity contribution in [3.8, 4) is 10.4 Å². The van der Waals surface area contributed by atoms with Gasteiger partial charge in [0.1, 0.15) is 10.0 Å². The molecule has 0 radical (unpaired) electrons. The van der Waals surface area contributed by atoms with Gasteiger partial charge in [0.15, 0.2) is 0 Å². The van der Waals surface area contributed by atoms with E-state index in [2.05, 4.69) is 11.6 Å². The van der Waals surface area contributed by atoms with E-state index in [-0.39, 0.29) is 20.7 Å². The number of nitrogens with one attached hydrogen (secondary N) is 1. The fourth-order valence-corrected chi connectivity index (χ4v) is 6.04. The Labute approximate surface area is 188 Å². The van der Waals surface area contributed by atoms with Crippen molar-refractivity contribution < 1.29 is 27.8 Å². The second kappa shape index (κ2) is 8.96. The Bertz CT molecular complexity index is 1200. The number of halogens is 2. The van der Waals surface area contributed by atoms with E-state index in [1.807, 2.05) is 30.3 Å². The van der Waals surface area contributed by atoms with Crippen LogP contribution in [0.25, 0.3) is 10.4 Å². The summed E-state index contributed by atoms with van der Waals surface area (Å²) in [6, 6.07) is 17.4. The van der Waals surface area contributed by atoms with Crippen LogP contribution in [0, 0.1) is 5.82 Å². The molecule has 0 spiro atoms. The summed E-state index contributed by atoms with van der Waals surface area (Å²) in [4.78, 5) is 9.28. The predicted molar refractivity (Wildman–Crippen MR) is 118 cm³/mol. The molecule has 0 aliphatic heterocycles. The summed E-state index contributed by atoms with van der Waals surface area (Å²) < 4.78 is 42.0. The summed E-state index contributed by atoms with van der Waals surface area (Å²) in [5, 5.41) is 14.0. The molecule has 1 fully saturated rings. The molecule has 0 bridgehead atoms. The molecule has 1 aliphatic carbocycles. The standard InChI is InChI=1S/C20H17ClFNO2S2.CH2O3/c1-20(14-5-3-2-4-6-14)12-18(20)23-27(24,25)19-10-9-17(26-19)13-7-8-16(22)15(21)11-13;2-1(3)4/h2-11,18,23H,12H2,1H3;(H2,2,3,4)/t18-,20+;/m0./s1. The lowest BCUT2D eigenvalue weighted by Gasteiger charge is -2.12. The zero-order valence-corrected chi connectivity index (χ0v) is 18.6. The largest absolute Gasteiger partial charge is 0.503 e. The van der Waals surface area contributed by atoms with Gasteiger partial charge >= 0.3 is 6.16 Å². The molecule has 3 aromatic rings. The van der Waals surface area contributed by atoms with E-state index in [9.17, 15) is 12.8 Å². The van der Waals surface area contributed by atoms with Crippen LogP contribution < -0.4 is 4.72 Å². The maximum atomic E-state index is 13.3. The molecule has 2 atom stereocenters. The number of carbonyl (C=O) groups is 1. The van der Waals surface area contributed by atoms with E-state index < -0.39 is 22.0 Å². The smallest absolute Gasteiger partial charge is 0.450 e. The summed E-state index contributed by atoms with van der Waals surface area (Å²) in [7, 11) is -3.62. The first-order chi connectivity index (χ1) is 14.5. The summed E-state index contributed by atoms with van der Waals surface area (Å²) in [6.45, 7) is 2.07. The topological polar surface area (TPSA) is 104 Å². The van der Waals surface area contributed by atoms with E-state index in [0.717, 1.165) is 28.2 Å². The SMILES string of the molecule is C[C@]1(c2ccccc2)C[C@@H]1NS(=O)(=O)c1ccc(-c2ccc(F)c(Cl)c2)s1.O=C(O)O. The van der Waals surface area contributed by atoms with Crippen molar-refractivity contribution in [1.82, 2.24) is 4.72 Å². The van der Waals surface area contributed by atoms with Crippen LogP contribution >= 0.6 is 22.9 Å². The summed E-state index contributed by atoms with van der Waals surface area (Å²) in [5.74, 6) is -0.500. The molecule has 1 aliphatic rings. The third-order valence-electron chi connectivity index (χ3n) is 5.02. The fourth-order valence-electron chi connectivity index (χ4n) is 3.19. The van der Waals surface area contributed by atoms with Crippen molar-refractivity contribution in [1.29, 1.82) is 0 Å². The normalized spacial score (nSPS) is 19.9. The van der Waals surface area contributed by atoms with Crippen LogP contribution in [-0.2, 0) is 15.4 Å². The van der Waals surface area contributed by atoms with Gasteiger partial charge in [-0.2, -0.15) is 0 Å². The van der Waals surface area contributed by atoms with Gasteiger partial charge in [0.25, 0.3) is 0 Å². The maximum Gasteiger partial charge on any atom is 0.503 e. The van der Waals surface area contributed by atoms with Gasteiger partial charge in [-0.3, -0.25) is 0 Å². The van der Waals surface area contributed by atoms with E-state index in [4.69, 9.17) is 26.6 Å². The van der Waals surface area contributed by atoms with Crippen LogP contribution in [0.4, 0.5) is 9.18 Å². The third-order valence-corrected chi connectivity index (χ3v) is 8.41. The quantitative estimate of drug-likeness (QED) is 0.448. The molecule has 4 rings (SSSR count). The van der Waals surface area contributed by atoms with Crippen molar-refractivity contribution >= 4 is 39.1 Å². The average Bonchev–Trinajstić information content (AvgIpc) is 3.13. The van der Waals surface area contributed by atoms with Gasteiger partial charge in [0, 0.05) is 16.3 Å². The monoisotopic (exact) mass is 483 g/mol. The van der Waals surface area contributed by atoms with Gasteiger partial charge in [0.05, 0.1) is 5.02 Å². The molecule has 2 aromatic carbocycles. The Morgan fingerprint density at radius 3 is 2.42 bits per heavy atom. The van der Waals surface area contributed by atoms with Gasteiger partial charge in [-0.15, -0.1) is 11.3 Å². The van der Waals surface area contributed by atoms with Crippen molar-refractivity contribution in [3.05, 3.63) is 77.1 Å². The summed E-state index contributed by atoms with van der Waals surface area (Å²) >= 11 is 6.97. The highest BCUT2D eigenvalue weighted by Gasteiger charge is 2.53. The first kappa shape index (κ1) is 23.2. The number of benzene rings is 2. The number of sulfonamides is 1. The molecule has 31 heavy (non-hydrogen) atoms. The highest BCUT2D eigenvalue weighted by atomic mass is 35.5. The molecule has 1 heterocycles. The lowest BCUT2D eigenvalue weighted by atomic mass is 9.98. The third kappa shape index (κ3) is 5.43. The Hall–Kier alpha value is -2.46. The number of carboxylic acid groups (broad SMARTS) is 2. The molecule has 164 valence electrons. The molecule has 0 saturated heterocycles. The van der Waals surface area contributed by atoms with Gasteiger partial charge in [-0.25, -0.2) is 22.3 Å². The van der Waals surface area contributed by atoms with Crippen LogP contribution in [-0.4, -0.2) is 30.8 Å². The van der Waals surface area contributed by atoms with Crippen LogP contribution in [0.3, 0.4) is 0 Å². The minimum Gasteiger partial charge on any atom is -0.450 e. The van der Waals surface area contributed by atoms with Crippen LogP contribution in [0.2, 0.25) is 5.02 Å². The molecule has 6 nitrogen and oxygen atoms in total. The second-order valence-corrected chi connectivity index (χ2v) is 10.6. The van der Waals surface area contributed by atoms with E-state index >= 15 is 0 Å². The molecule has 1 saturated carbocycles. The lowest BCUT2D eigenvalue weighted by Crippen LogP contribution is -2.29. The summed E-state index contributed by atoms with van der Waals surface area (Å²) in [5.41, 5.74) is 1.64. The minimum absolute atomic E-state index is 0.0139. The molecule has 0 amide bonds. The molecule has 10 heteroatoms. The first-order valence-electron chi connectivity index (χ1n) is 9.08. The van der Waals surface area contributed by atoms with E-state index in [0.29, 0.717) is 5.56 Å². The van der Waals surface area contributed by atoms with Gasteiger partial charge in [0.2, 0.25) is 10.0 Å².